The molecule has 120 valence electrons. The summed E-state index contributed by atoms with van der Waals surface area (Å²) in [5.41, 5.74) is 1.56. The van der Waals surface area contributed by atoms with Gasteiger partial charge in [-0.15, -0.1) is 0 Å². The van der Waals surface area contributed by atoms with E-state index in [1.807, 2.05) is 0 Å². The summed E-state index contributed by atoms with van der Waals surface area (Å²) in [5.74, 6) is -0.957. The molecule has 22 heavy (non-hydrogen) atoms. The topological polar surface area (TPSA) is 86.7 Å². The number of rotatable bonds is 8. The van der Waals surface area contributed by atoms with Gasteiger partial charge in [0.15, 0.2) is 0 Å². The third-order valence-corrected chi connectivity index (χ3v) is 3.14. The van der Waals surface area contributed by atoms with Crippen molar-refractivity contribution in [3.63, 3.8) is 0 Å². The number of anilines is 1. The first-order valence-electron chi connectivity index (χ1n) is 7.19. The minimum absolute atomic E-state index is 0.0233. The van der Waals surface area contributed by atoms with Crippen molar-refractivity contribution in [1.29, 1.82) is 0 Å². The predicted octanol–water partition coefficient (Wildman–Crippen LogP) is 1.90. The third-order valence-electron chi connectivity index (χ3n) is 3.14. The zero-order chi connectivity index (χ0) is 16.5. The normalized spacial score (nSPS) is 10.1. The molecule has 0 aromatic heterocycles. The standard InChI is InChI=1S/C16H22N2O4/c1-18(2)15(20)11-12-7-9-13(10-8-12)17-14(19)5-3-4-6-16(21)22/h7-10H,3-6,11H2,1-2H3,(H,17,19)(H,21,22). The number of carbonyl (C=O) groups is 3. The Hall–Kier alpha value is -2.37. The first kappa shape index (κ1) is 17.7. The first-order chi connectivity index (χ1) is 10.4. The summed E-state index contributed by atoms with van der Waals surface area (Å²) in [7, 11) is 3.42. The molecule has 0 saturated heterocycles. The molecule has 0 aliphatic rings. The number of hydrogen-bond acceptors (Lipinski definition) is 3. The average molecular weight is 306 g/mol. The van der Waals surface area contributed by atoms with Crippen LogP contribution in [-0.2, 0) is 20.8 Å². The zero-order valence-corrected chi connectivity index (χ0v) is 13.0. The number of carboxylic acids is 1. The first-order valence-corrected chi connectivity index (χ1v) is 7.19. The van der Waals surface area contributed by atoms with Gasteiger partial charge in [-0.3, -0.25) is 14.4 Å². The Morgan fingerprint density at radius 1 is 1.05 bits per heavy atom. The van der Waals surface area contributed by atoms with E-state index in [2.05, 4.69) is 5.32 Å². The van der Waals surface area contributed by atoms with Gasteiger partial charge in [-0.2, -0.15) is 0 Å². The smallest absolute Gasteiger partial charge is 0.303 e. The summed E-state index contributed by atoms with van der Waals surface area (Å²) < 4.78 is 0. The molecule has 2 amide bonds. The van der Waals surface area contributed by atoms with Crippen LogP contribution in [0.25, 0.3) is 0 Å². The van der Waals surface area contributed by atoms with E-state index in [0.717, 1.165) is 5.56 Å². The minimum Gasteiger partial charge on any atom is -0.481 e. The van der Waals surface area contributed by atoms with Crippen LogP contribution in [0.1, 0.15) is 31.2 Å². The predicted molar refractivity (Wildman–Crippen MR) is 83.6 cm³/mol. The number of aliphatic carboxylic acids is 1. The van der Waals surface area contributed by atoms with Crippen molar-refractivity contribution < 1.29 is 19.5 Å². The van der Waals surface area contributed by atoms with Crippen LogP contribution >= 0.6 is 0 Å². The van der Waals surface area contributed by atoms with Crippen LogP contribution < -0.4 is 5.32 Å². The Bertz CT molecular complexity index is 523. The van der Waals surface area contributed by atoms with Crippen molar-refractivity contribution in [1.82, 2.24) is 4.90 Å². The van der Waals surface area contributed by atoms with Crippen LogP contribution in [0.15, 0.2) is 24.3 Å². The van der Waals surface area contributed by atoms with Crippen LogP contribution in [0.3, 0.4) is 0 Å². The fraction of sp³-hybridized carbons (Fsp3) is 0.438. The Balaban J connectivity index is 2.38. The van der Waals surface area contributed by atoms with Crippen molar-refractivity contribution in [3.8, 4) is 0 Å². The molecule has 1 aromatic carbocycles. The van der Waals surface area contributed by atoms with Gasteiger partial charge >= 0.3 is 5.97 Å². The highest BCUT2D eigenvalue weighted by Crippen LogP contribution is 2.12. The maximum Gasteiger partial charge on any atom is 0.303 e. The lowest BCUT2D eigenvalue weighted by Gasteiger charge is -2.10. The van der Waals surface area contributed by atoms with E-state index in [-0.39, 0.29) is 18.2 Å². The Labute approximate surface area is 130 Å². The number of benzene rings is 1. The molecule has 0 atom stereocenters. The van der Waals surface area contributed by atoms with Crippen LogP contribution in [0.5, 0.6) is 0 Å². The van der Waals surface area contributed by atoms with E-state index in [1.54, 1.807) is 38.4 Å². The summed E-state index contributed by atoms with van der Waals surface area (Å²) in [5, 5.41) is 11.3. The number of likely N-dealkylation sites (N-methyl/N-ethyl adjacent to an activating group) is 1. The summed E-state index contributed by atoms with van der Waals surface area (Å²) in [6.45, 7) is 0. The van der Waals surface area contributed by atoms with Crippen molar-refractivity contribution in [3.05, 3.63) is 29.8 Å². The molecule has 6 heteroatoms. The van der Waals surface area contributed by atoms with Gasteiger partial charge < -0.3 is 15.3 Å². The highest BCUT2D eigenvalue weighted by atomic mass is 16.4. The highest BCUT2D eigenvalue weighted by molar-refractivity contribution is 5.90. The van der Waals surface area contributed by atoms with Gasteiger partial charge in [0.1, 0.15) is 0 Å². The molecule has 0 fully saturated rings. The Kier molecular flexibility index (Phi) is 7.08. The third kappa shape index (κ3) is 6.88. The number of amides is 2. The molecular weight excluding hydrogens is 284 g/mol. The van der Waals surface area contributed by atoms with Gasteiger partial charge in [0.05, 0.1) is 6.42 Å². The lowest BCUT2D eigenvalue weighted by atomic mass is 10.1. The fourth-order valence-corrected chi connectivity index (χ4v) is 1.82. The van der Waals surface area contributed by atoms with E-state index >= 15 is 0 Å². The second kappa shape index (κ2) is 8.81. The summed E-state index contributed by atoms with van der Waals surface area (Å²) >= 11 is 0. The van der Waals surface area contributed by atoms with Crippen molar-refractivity contribution >= 4 is 23.5 Å². The van der Waals surface area contributed by atoms with E-state index < -0.39 is 5.97 Å². The molecule has 0 unspecified atom stereocenters. The maximum absolute atomic E-state index is 11.7. The van der Waals surface area contributed by atoms with Gasteiger partial charge in [-0.1, -0.05) is 12.1 Å². The molecule has 0 aliphatic carbocycles. The van der Waals surface area contributed by atoms with Crippen LogP contribution in [0, 0.1) is 0 Å². The van der Waals surface area contributed by atoms with Gasteiger partial charge in [-0.25, -0.2) is 0 Å². The molecule has 0 heterocycles. The number of hydrogen-bond donors (Lipinski definition) is 2. The maximum atomic E-state index is 11.7. The molecule has 0 aliphatic heterocycles. The molecule has 2 N–H and O–H groups in total. The zero-order valence-electron chi connectivity index (χ0n) is 13.0. The molecule has 0 bridgehead atoms. The van der Waals surface area contributed by atoms with E-state index in [4.69, 9.17) is 5.11 Å². The van der Waals surface area contributed by atoms with E-state index in [9.17, 15) is 14.4 Å². The summed E-state index contributed by atoms with van der Waals surface area (Å²) in [4.78, 5) is 35.2. The monoisotopic (exact) mass is 306 g/mol. The second-order valence-corrected chi connectivity index (χ2v) is 5.31. The van der Waals surface area contributed by atoms with Crippen molar-refractivity contribution in [2.24, 2.45) is 0 Å². The SMILES string of the molecule is CN(C)C(=O)Cc1ccc(NC(=O)CCCCC(=O)O)cc1. The molecule has 0 spiro atoms. The molecule has 0 saturated carbocycles. The summed E-state index contributed by atoms with van der Waals surface area (Å²) in [6, 6.07) is 7.13. The van der Waals surface area contributed by atoms with Gasteiger partial charge in [0, 0.05) is 32.6 Å². The number of nitrogens with one attached hydrogen (secondary N) is 1. The molecule has 6 nitrogen and oxygen atoms in total. The van der Waals surface area contributed by atoms with Crippen molar-refractivity contribution in [2.75, 3.05) is 19.4 Å². The molecule has 1 rings (SSSR count). The van der Waals surface area contributed by atoms with Gasteiger partial charge in [-0.05, 0) is 30.5 Å². The number of carbonyl (C=O) groups excluding carboxylic acids is 2. The number of nitrogens with zero attached hydrogens (tertiary/aromatic N) is 1. The Morgan fingerprint density at radius 2 is 1.64 bits per heavy atom. The summed E-state index contributed by atoms with van der Waals surface area (Å²) in [6.07, 6.45) is 1.76. The number of unbranched alkanes of at least 4 members (excludes halogenated alkanes) is 1. The van der Waals surface area contributed by atoms with Gasteiger partial charge in [0.25, 0.3) is 0 Å². The van der Waals surface area contributed by atoms with E-state index in [1.165, 1.54) is 4.90 Å². The van der Waals surface area contributed by atoms with Gasteiger partial charge in [0.2, 0.25) is 11.8 Å². The minimum atomic E-state index is -0.844. The van der Waals surface area contributed by atoms with Crippen LogP contribution in [0.4, 0.5) is 5.69 Å². The van der Waals surface area contributed by atoms with Crippen LogP contribution in [-0.4, -0.2) is 41.9 Å². The quantitative estimate of drug-likeness (QED) is 0.718. The van der Waals surface area contributed by atoms with Crippen LogP contribution in [0.2, 0.25) is 0 Å². The molecule has 1 aromatic rings. The average Bonchev–Trinajstić information content (AvgIpc) is 2.45. The highest BCUT2D eigenvalue weighted by Gasteiger charge is 2.07. The lowest BCUT2D eigenvalue weighted by molar-refractivity contribution is -0.137. The fourth-order valence-electron chi connectivity index (χ4n) is 1.82. The molecular formula is C16H22N2O4. The van der Waals surface area contributed by atoms with Crippen molar-refractivity contribution in [2.45, 2.75) is 32.1 Å². The second-order valence-electron chi connectivity index (χ2n) is 5.31. The molecule has 0 radical (unpaired) electrons. The Morgan fingerprint density at radius 3 is 2.18 bits per heavy atom. The lowest BCUT2D eigenvalue weighted by Crippen LogP contribution is -2.23. The number of carboxylic acid groups (broad SMARTS) is 1. The largest absolute Gasteiger partial charge is 0.481 e. The van der Waals surface area contributed by atoms with E-state index in [0.29, 0.717) is 31.4 Å².